The highest BCUT2D eigenvalue weighted by molar-refractivity contribution is 8.13. The quantitative estimate of drug-likeness (QED) is 0.652. The van der Waals surface area contributed by atoms with E-state index in [1.165, 1.54) is 5.57 Å². The molecule has 0 spiro atoms. The second-order valence-electron chi connectivity index (χ2n) is 9.41. The smallest absolute Gasteiger partial charge is 0.195 e. The molecule has 0 aromatic rings. The molecular weight excluding hydrogens is 347 g/mol. The van der Waals surface area contributed by atoms with Gasteiger partial charge in [-0.05, 0) is 73.3 Å². The normalized spacial score (nSPS) is 47.0. The molecule has 4 aliphatic carbocycles. The van der Waals surface area contributed by atoms with Gasteiger partial charge in [0.05, 0.1) is 0 Å². The van der Waals surface area contributed by atoms with Gasteiger partial charge in [0.2, 0.25) is 0 Å². The first-order chi connectivity index (χ1) is 12.3. The van der Waals surface area contributed by atoms with Gasteiger partial charge in [0, 0.05) is 11.3 Å². The van der Waals surface area contributed by atoms with Crippen molar-refractivity contribution in [3.05, 3.63) is 23.8 Å². The highest BCUT2D eigenvalue weighted by Gasteiger charge is 2.61. The minimum atomic E-state index is -0.611. The largest absolute Gasteiger partial charge is 0.290 e. The van der Waals surface area contributed by atoms with Crippen molar-refractivity contribution in [1.29, 1.82) is 0 Å². The van der Waals surface area contributed by atoms with Crippen LogP contribution in [-0.4, -0.2) is 16.9 Å². The van der Waals surface area contributed by atoms with E-state index in [9.17, 15) is 14.0 Å². The van der Waals surface area contributed by atoms with Gasteiger partial charge in [-0.1, -0.05) is 44.2 Å². The van der Waals surface area contributed by atoms with Crippen LogP contribution < -0.4 is 0 Å². The van der Waals surface area contributed by atoms with Crippen LogP contribution in [0.2, 0.25) is 0 Å². The lowest BCUT2D eigenvalue weighted by molar-refractivity contribution is -0.122. The van der Waals surface area contributed by atoms with E-state index in [0.717, 1.165) is 43.9 Å². The molecule has 2 unspecified atom stereocenters. The maximum absolute atomic E-state index is 12.8. The molecule has 0 saturated heterocycles. The molecule has 0 aromatic carbocycles. The van der Waals surface area contributed by atoms with Crippen molar-refractivity contribution in [3.8, 4) is 0 Å². The van der Waals surface area contributed by atoms with Gasteiger partial charge in [0.15, 0.2) is 10.9 Å². The van der Waals surface area contributed by atoms with Crippen molar-refractivity contribution in [2.24, 2.45) is 40.4 Å². The monoisotopic (exact) mass is 376 g/mol. The lowest BCUT2D eigenvalue weighted by Crippen LogP contribution is -2.50. The minimum Gasteiger partial charge on any atom is -0.290 e. The van der Waals surface area contributed by atoms with Crippen LogP contribution in [0.15, 0.2) is 23.8 Å². The zero-order valence-electron chi connectivity index (χ0n) is 16.0. The van der Waals surface area contributed by atoms with Crippen molar-refractivity contribution in [3.63, 3.8) is 0 Å². The summed E-state index contributed by atoms with van der Waals surface area (Å²) in [6, 6.07) is -0.611. The Bertz CT molecular complexity index is 698. The number of halogens is 1. The van der Waals surface area contributed by atoms with Gasteiger partial charge < -0.3 is 0 Å². The number of hydrogen-bond donors (Lipinski definition) is 0. The van der Waals surface area contributed by atoms with Crippen molar-refractivity contribution in [2.75, 3.05) is 6.01 Å². The summed E-state index contributed by atoms with van der Waals surface area (Å²) < 4.78 is 12.8. The fraction of sp³-hybridized carbons (Fsp3) is 0.727. The minimum absolute atomic E-state index is 0.00280. The first kappa shape index (κ1) is 18.5. The zero-order valence-corrected chi connectivity index (χ0v) is 16.8. The SMILES string of the molecule is CC1C[C@H]2[C@@H]3CCC4=CC(=O)C=C[C@]4(C)[C@H]3CC[C@]2(C)C1C(=O)SCF. The van der Waals surface area contributed by atoms with Crippen LogP contribution in [0.3, 0.4) is 0 Å². The molecule has 3 saturated carbocycles. The van der Waals surface area contributed by atoms with E-state index in [4.69, 9.17) is 0 Å². The highest BCUT2D eigenvalue weighted by Crippen LogP contribution is 2.67. The van der Waals surface area contributed by atoms with Gasteiger partial charge in [0.25, 0.3) is 0 Å². The number of hydrogen-bond acceptors (Lipinski definition) is 3. The van der Waals surface area contributed by atoms with Crippen molar-refractivity contribution < 1.29 is 14.0 Å². The van der Waals surface area contributed by atoms with Crippen LogP contribution >= 0.6 is 11.8 Å². The third-order valence-corrected chi connectivity index (χ3v) is 9.00. The van der Waals surface area contributed by atoms with Crippen LogP contribution in [0.4, 0.5) is 4.39 Å². The number of alkyl halides is 1. The maximum atomic E-state index is 12.8. The summed E-state index contributed by atoms with van der Waals surface area (Å²) >= 11 is 0.870. The van der Waals surface area contributed by atoms with Crippen molar-refractivity contribution in [1.82, 2.24) is 0 Å². The van der Waals surface area contributed by atoms with E-state index in [-0.39, 0.29) is 27.6 Å². The molecule has 0 amide bonds. The summed E-state index contributed by atoms with van der Waals surface area (Å²) in [5.74, 6) is 2.14. The second kappa shape index (κ2) is 6.32. The fourth-order valence-corrected chi connectivity index (χ4v) is 8.00. The molecule has 0 aliphatic heterocycles. The Hall–Kier alpha value is -0.900. The van der Waals surface area contributed by atoms with E-state index in [0.29, 0.717) is 23.7 Å². The summed E-state index contributed by atoms with van der Waals surface area (Å²) in [7, 11) is 0. The topological polar surface area (TPSA) is 34.1 Å². The second-order valence-corrected chi connectivity index (χ2v) is 10.3. The Morgan fingerprint density at radius 2 is 2.08 bits per heavy atom. The Balaban J connectivity index is 1.66. The molecule has 7 atom stereocenters. The van der Waals surface area contributed by atoms with Crippen LogP contribution in [-0.2, 0) is 9.59 Å². The van der Waals surface area contributed by atoms with Gasteiger partial charge in [-0.2, -0.15) is 0 Å². The maximum Gasteiger partial charge on any atom is 0.195 e. The average Bonchev–Trinajstić information content (AvgIpc) is 2.86. The molecule has 0 aromatic heterocycles. The average molecular weight is 377 g/mol. The summed E-state index contributed by atoms with van der Waals surface area (Å²) in [4.78, 5) is 24.5. The molecule has 3 fully saturated rings. The number of carbonyl (C=O) groups excluding carboxylic acids is 2. The molecule has 0 bridgehead atoms. The number of carbonyl (C=O) groups is 2. The summed E-state index contributed by atoms with van der Waals surface area (Å²) in [6.07, 6.45) is 11.1. The van der Waals surface area contributed by atoms with E-state index in [1.807, 2.05) is 6.08 Å². The molecule has 0 radical (unpaired) electrons. The lowest BCUT2D eigenvalue weighted by atomic mass is 9.48. The molecule has 0 N–H and O–H groups in total. The van der Waals surface area contributed by atoms with Gasteiger partial charge in [-0.3, -0.25) is 9.59 Å². The molecule has 4 heteroatoms. The predicted molar refractivity (Wildman–Crippen MR) is 103 cm³/mol. The third-order valence-electron chi connectivity index (χ3n) is 8.35. The van der Waals surface area contributed by atoms with Crippen LogP contribution in [0, 0.1) is 40.4 Å². The Morgan fingerprint density at radius 3 is 2.81 bits per heavy atom. The van der Waals surface area contributed by atoms with Gasteiger partial charge in [-0.15, -0.1) is 0 Å². The van der Waals surface area contributed by atoms with E-state index in [1.54, 1.807) is 6.08 Å². The molecule has 2 nitrogen and oxygen atoms in total. The Kier molecular flexibility index (Phi) is 4.49. The zero-order chi connectivity index (χ0) is 18.7. The standard InChI is InChI=1S/C22H29FO2S/c1-13-10-18-16-5-4-14-11-15(24)6-8-21(14,2)17(16)7-9-22(18,3)19(13)20(25)26-12-23/h6,8,11,13,16-19H,4-5,7,9-10,12H2,1-3H3/t13?,16-,17+,18+,19?,21+,22+/m1/s1. The Labute approximate surface area is 160 Å². The molecule has 0 heterocycles. The summed E-state index contributed by atoms with van der Waals surface area (Å²) in [6.45, 7) is 6.79. The van der Waals surface area contributed by atoms with Crippen molar-refractivity contribution in [2.45, 2.75) is 52.9 Å². The predicted octanol–water partition coefficient (Wildman–Crippen LogP) is 5.34. The number of ketones is 1. The first-order valence-electron chi connectivity index (χ1n) is 9.98. The van der Waals surface area contributed by atoms with E-state index >= 15 is 0 Å². The van der Waals surface area contributed by atoms with Crippen LogP contribution in [0.5, 0.6) is 0 Å². The fourth-order valence-electron chi connectivity index (χ4n) is 7.21. The summed E-state index contributed by atoms with van der Waals surface area (Å²) in [5, 5.41) is 0.0641. The molecule has 4 aliphatic rings. The van der Waals surface area contributed by atoms with Gasteiger partial charge in [0.1, 0.15) is 6.01 Å². The molecule has 142 valence electrons. The lowest BCUT2D eigenvalue weighted by Gasteiger charge is -2.56. The molecule has 26 heavy (non-hydrogen) atoms. The number of fused-ring (bicyclic) bond motifs is 5. The van der Waals surface area contributed by atoms with E-state index < -0.39 is 6.01 Å². The van der Waals surface area contributed by atoms with Crippen molar-refractivity contribution >= 4 is 22.7 Å². The molecular formula is C22H29FO2S. The number of thioether (sulfide) groups is 1. The van der Waals surface area contributed by atoms with Crippen LogP contribution in [0.25, 0.3) is 0 Å². The van der Waals surface area contributed by atoms with E-state index in [2.05, 4.69) is 26.8 Å². The van der Waals surface area contributed by atoms with Crippen LogP contribution in [0.1, 0.15) is 52.9 Å². The van der Waals surface area contributed by atoms with Gasteiger partial charge in [-0.25, -0.2) is 4.39 Å². The third kappa shape index (κ3) is 2.51. The number of rotatable bonds is 2. The Morgan fingerprint density at radius 1 is 1.31 bits per heavy atom. The summed E-state index contributed by atoms with van der Waals surface area (Å²) in [5.41, 5.74) is 1.31. The number of allylic oxidation sites excluding steroid dienone is 4. The highest BCUT2D eigenvalue weighted by atomic mass is 32.2. The molecule has 4 rings (SSSR count). The van der Waals surface area contributed by atoms with Gasteiger partial charge >= 0.3 is 0 Å². The first-order valence-corrected chi connectivity index (χ1v) is 11.0.